The highest BCUT2D eigenvalue weighted by molar-refractivity contribution is 6.20. The second kappa shape index (κ2) is 5.96. The molecule has 1 unspecified atom stereocenters. The lowest BCUT2D eigenvalue weighted by Crippen LogP contribution is -2.17. The quantitative estimate of drug-likeness (QED) is 0.586. The average molecular weight is 278 g/mol. The molecule has 0 bridgehead atoms. The minimum absolute atomic E-state index is 0.158. The number of hydrogen-bond acceptors (Lipinski definition) is 2. The minimum Gasteiger partial charge on any atom is -0.441 e. The molecule has 0 amide bonds. The third-order valence-electron chi connectivity index (χ3n) is 4.12. The van der Waals surface area contributed by atoms with Crippen LogP contribution >= 0.6 is 11.6 Å². The van der Waals surface area contributed by atoms with Crippen LogP contribution in [0.4, 0.5) is 0 Å². The van der Waals surface area contributed by atoms with Crippen LogP contribution < -0.4 is 0 Å². The molecule has 1 heterocycles. The Balaban J connectivity index is 1.69. The maximum absolute atomic E-state index is 6.59. The Morgan fingerprint density at radius 2 is 1.89 bits per heavy atom. The summed E-state index contributed by atoms with van der Waals surface area (Å²) in [5.41, 5.74) is 1.80. The van der Waals surface area contributed by atoms with Gasteiger partial charge in [0.05, 0.1) is 0 Å². The predicted molar refractivity (Wildman–Crippen MR) is 78.5 cm³/mol. The number of para-hydroxylation sites is 2. The zero-order valence-electron chi connectivity index (χ0n) is 11.1. The summed E-state index contributed by atoms with van der Waals surface area (Å²) in [5, 5.41) is 0.158. The molecule has 1 aliphatic rings. The Bertz CT molecular complexity index is 495. The summed E-state index contributed by atoms with van der Waals surface area (Å²) in [5.74, 6) is 1.41. The minimum atomic E-state index is 0.158. The number of halogens is 1. The Kier molecular flexibility index (Phi) is 4.07. The van der Waals surface area contributed by atoms with Gasteiger partial charge in [-0.25, -0.2) is 4.98 Å². The molecule has 3 heteroatoms. The Hall–Kier alpha value is -1.02. The van der Waals surface area contributed by atoms with Crippen molar-refractivity contribution < 1.29 is 4.42 Å². The van der Waals surface area contributed by atoms with Gasteiger partial charge in [-0.2, -0.15) is 0 Å². The lowest BCUT2D eigenvalue weighted by Gasteiger charge is -2.18. The van der Waals surface area contributed by atoms with E-state index in [0.29, 0.717) is 5.92 Å². The van der Waals surface area contributed by atoms with E-state index in [2.05, 4.69) is 4.98 Å². The van der Waals surface area contributed by atoms with E-state index in [1.165, 1.54) is 38.5 Å². The van der Waals surface area contributed by atoms with Gasteiger partial charge in [0.15, 0.2) is 11.5 Å². The van der Waals surface area contributed by atoms with E-state index in [1.807, 2.05) is 24.3 Å². The van der Waals surface area contributed by atoms with Crippen LogP contribution in [0.25, 0.3) is 11.1 Å². The molecule has 0 spiro atoms. The predicted octanol–water partition coefficient (Wildman–Crippen LogP) is 4.95. The van der Waals surface area contributed by atoms with Crippen LogP contribution in [0.1, 0.15) is 44.4 Å². The van der Waals surface area contributed by atoms with Gasteiger partial charge >= 0.3 is 0 Å². The number of hydrogen-bond donors (Lipinski definition) is 0. The third kappa shape index (κ3) is 3.11. The number of rotatable bonds is 3. The Labute approximate surface area is 119 Å². The fourth-order valence-electron chi connectivity index (χ4n) is 3.01. The van der Waals surface area contributed by atoms with Crippen molar-refractivity contribution in [3.8, 4) is 0 Å². The van der Waals surface area contributed by atoms with Crippen LogP contribution in [-0.2, 0) is 6.42 Å². The highest BCUT2D eigenvalue weighted by Gasteiger charge is 2.22. The fourth-order valence-corrected chi connectivity index (χ4v) is 3.40. The number of oxazole rings is 1. The van der Waals surface area contributed by atoms with Crippen LogP contribution in [0.2, 0.25) is 0 Å². The van der Waals surface area contributed by atoms with Gasteiger partial charge in [0.2, 0.25) is 0 Å². The first-order valence-electron chi connectivity index (χ1n) is 7.31. The van der Waals surface area contributed by atoms with E-state index in [-0.39, 0.29) is 5.38 Å². The lowest BCUT2D eigenvalue weighted by atomic mass is 9.94. The van der Waals surface area contributed by atoms with Gasteiger partial charge in [0, 0.05) is 11.8 Å². The summed E-state index contributed by atoms with van der Waals surface area (Å²) < 4.78 is 5.77. The summed E-state index contributed by atoms with van der Waals surface area (Å²) in [6.45, 7) is 0. The van der Waals surface area contributed by atoms with E-state index in [0.717, 1.165) is 23.4 Å². The molecule has 1 saturated carbocycles. The van der Waals surface area contributed by atoms with Crippen molar-refractivity contribution >= 4 is 22.7 Å². The molecule has 1 aromatic carbocycles. The Morgan fingerprint density at radius 1 is 1.16 bits per heavy atom. The second-order valence-corrected chi connectivity index (χ2v) is 6.11. The van der Waals surface area contributed by atoms with Crippen LogP contribution in [-0.4, -0.2) is 10.4 Å². The first-order chi connectivity index (χ1) is 9.33. The van der Waals surface area contributed by atoms with Gasteiger partial charge in [-0.3, -0.25) is 0 Å². The van der Waals surface area contributed by atoms with Crippen molar-refractivity contribution in [3.63, 3.8) is 0 Å². The van der Waals surface area contributed by atoms with Gasteiger partial charge < -0.3 is 4.42 Å². The standard InChI is InChI=1S/C16H20ClNO/c17-13(12-7-3-1-2-4-8-12)11-16-18-14-9-5-6-10-15(14)19-16/h5-6,9-10,12-13H,1-4,7-8,11H2. The molecule has 1 aromatic heterocycles. The molecule has 1 atom stereocenters. The highest BCUT2D eigenvalue weighted by atomic mass is 35.5. The molecule has 2 aromatic rings. The topological polar surface area (TPSA) is 26.0 Å². The molecule has 102 valence electrons. The maximum atomic E-state index is 6.59. The smallest absolute Gasteiger partial charge is 0.196 e. The monoisotopic (exact) mass is 277 g/mol. The largest absolute Gasteiger partial charge is 0.441 e. The van der Waals surface area contributed by atoms with Crippen molar-refractivity contribution in [2.75, 3.05) is 0 Å². The molecule has 0 aliphatic heterocycles. The third-order valence-corrected chi connectivity index (χ3v) is 4.63. The molecular formula is C16H20ClNO. The van der Waals surface area contributed by atoms with Crippen molar-refractivity contribution in [3.05, 3.63) is 30.2 Å². The molecule has 3 rings (SSSR count). The van der Waals surface area contributed by atoms with Crippen molar-refractivity contribution in [1.29, 1.82) is 0 Å². The summed E-state index contributed by atoms with van der Waals surface area (Å²) in [6, 6.07) is 7.90. The molecule has 1 fully saturated rings. The molecule has 2 nitrogen and oxygen atoms in total. The van der Waals surface area contributed by atoms with Gasteiger partial charge in [-0.05, 0) is 30.9 Å². The van der Waals surface area contributed by atoms with Crippen molar-refractivity contribution in [2.45, 2.75) is 50.3 Å². The first kappa shape index (κ1) is 13.0. The molecule has 0 saturated heterocycles. The van der Waals surface area contributed by atoms with Crippen LogP contribution in [0.15, 0.2) is 28.7 Å². The molecule has 19 heavy (non-hydrogen) atoms. The summed E-state index contributed by atoms with van der Waals surface area (Å²) in [4.78, 5) is 4.52. The average Bonchev–Trinajstić information content (AvgIpc) is 2.63. The van der Waals surface area contributed by atoms with Crippen LogP contribution in [0.5, 0.6) is 0 Å². The zero-order chi connectivity index (χ0) is 13.1. The number of alkyl halides is 1. The molecule has 0 N–H and O–H groups in total. The SMILES string of the molecule is ClC(Cc1nc2ccccc2o1)C1CCCCCC1. The zero-order valence-corrected chi connectivity index (χ0v) is 11.9. The number of nitrogens with zero attached hydrogens (tertiary/aromatic N) is 1. The first-order valence-corrected chi connectivity index (χ1v) is 7.75. The number of fused-ring (bicyclic) bond motifs is 1. The van der Waals surface area contributed by atoms with Gasteiger partial charge in [-0.15, -0.1) is 11.6 Å². The van der Waals surface area contributed by atoms with Gasteiger partial charge in [-0.1, -0.05) is 37.8 Å². The molecule has 0 radical (unpaired) electrons. The fraction of sp³-hybridized carbons (Fsp3) is 0.562. The van der Waals surface area contributed by atoms with E-state index in [4.69, 9.17) is 16.0 Å². The van der Waals surface area contributed by atoms with Gasteiger partial charge in [0.1, 0.15) is 5.52 Å². The van der Waals surface area contributed by atoms with Crippen LogP contribution in [0, 0.1) is 5.92 Å². The van der Waals surface area contributed by atoms with Gasteiger partial charge in [0.25, 0.3) is 0 Å². The maximum Gasteiger partial charge on any atom is 0.196 e. The van der Waals surface area contributed by atoms with Crippen LogP contribution in [0.3, 0.4) is 0 Å². The van der Waals surface area contributed by atoms with E-state index >= 15 is 0 Å². The molecular weight excluding hydrogens is 258 g/mol. The molecule has 1 aliphatic carbocycles. The van der Waals surface area contributed by atoms with E-state index < -0.39 is 0 Å². The Morgan fingerprint density at radius 3 is 2.63 bits per heavy atom. The lowest BCUT2D eigenvalue weighted by molar-refractivity contribution is 0.410. The van der Waals surface area contributed by atoms with Crippen molar-refractivity contribution in [2.24, 2.45) is 5.92 Å². The number of aromatic nitrogens is 1. The second-order valence-electron chi connectivity index (χ2n) is 5.55. The van der Waals surface area contributed by atoms with E-state index in [9.17, 15) is 0 Å². The van der Waals surface area contributed by atoms with Crippen molar-refractivity contribution in [1.82, 2.24) is 4.98 Å². The van der Waals surface area contributed by atoms with E-state index in [1.54, 1.807) is 0 Å². The summed E-state index contributed by atoms with van der Waals surface area (Å²) in [6.07, 6.45) is 8.64. The summed E-state index contributed by atoms with van der Waals surface area (Å²) in [7, 11) is 0. The normalized spacial score (nSPS) is 19.4. The highest BCUT2D eigenvalue weighted by Crippen LogP contribution is 2.30. The summed E-state index contributed by atoms with van der Waals surface area (Å²) >= 11 is 6.59. The number of benzene rings is 1.